The number of urea groups is 1. The van der Waals surface area contributed by atoms with E-state index in [0.29, 0.717) is 50.7 Å². The van der Waals surface area contributed by atoms with Crippen molar-refractivity contribution in [2.24, 2.45) is 0 Å². The Kier molecular flexibility index (Phi) is 7.10. The number of fused-ring (bicyclic) bond motifs is 1. The molecule has 4 aromatic rings. The molecule has 11 heteroatoms. The molecule has 0 aliphatic carbocycles. The Bertz CT molecular complexity index is 1420. The fourth-order valence-corrected chi connectivity index (χ4v) is 3.36. The Hall–Kier alpha value is -4.93. The fourth-order valence-electron chi connectivity index (χ4n) is 3.36. The lowest BCUT2D eigenvalue weighted by Gasteiger charge is -2.19. The van der Waals surface area contributed by atoms with Crippen LogP contribution in [-0.2, 0) is 4.79 Å². The average molecular weight is 494 g/mol. The quantitative estimate of drug-likeness (QED) is 0.263. The number of nitrogens with one attached hydrogen (secondary N) is 2. The van der Waals surface area contributed by atoms with E-state index in [4.69, 9.17) is 14.2 Å². The SMILES string of the molecule is COc1cc2nccc(Oc3ccc(NC(=O)NN(C=O)c4ccc(F)cc4F)cc3)c2cc1OC. The first-order valence-electron chi connectivity index (χ1n) is 10.5. The second-order valence-electron chi connectivity index (χ2n) is 7.30. The van der Waals surface area contributed by atoms with Crippen LogP contribution in [0.5, 0.6) is 23.0 Å². The predicted octanol–water partition coefficient (Wildman–Crippen LogP) is 5.02. The first-order valence-corrected chi connectivity index (χ1v) is 10.5. The Morgan fingerprint density at radius 2 is 1.67 bits per heavy atom. The van der Waals surface area contributed by atoms with E-state index in [1.165, 1.54) is 14.2 Å². The highest BCUT2D eigenvalue weighted by atomic mass is 19.1. The third-order valence-corrected chi connectivity index (χ3v) is 5.04. The molecule has 3 aromatic carbocycles. The predicted molar refractivity (Wildman–Crippen MR) is 128 cm³/mol. The molecule has 4 rings (SSSR count). The number of hydrogen-bond donors (Lipinski definition) is 2. The molecule has 1 aromatic heterocycles. The molecule has 0 aliphatic rings. The molecule has 0 saturated carbocycles. The van der Waals surface area contributed by atoms with Gasteiger partial charge in [0.1, 0.15) is 23.0 Å². The molecule has 184 valence electrons. The zero-order valence-corrected chi connectivity index (χ0v) is 19.1. The number of hydrogen-bond acceptors (Lipinski definition) is 6. The summed E-state index contributed by atoms with van der Waals surface area (Å²) in [6.07, 6.45) is 1.79. The zero-order chi connectivity index (χ0) is 25.7. The second kappa shape index (κ2) is 10.6. The normalized spacial score (nSPS) is 10.4. The van der Waals surface area contributed by atoms with Crippen molar-refractivity contribution in [2.45, 2.75) is 0 Å². The third kappa shape index (κ3) is 5.25. The lowest BCUT2D eigenvalue weighted by atomic mass is 10.2. The van der Waals surface area contributed by atoms with E-state index >= 15 is 0 Å². The summed E-state index contributed by atoms with van der Waals surface area (Å²) in [6, 6.07) is 13.4. The highest BCUT2D eigenvalue weighted by Crippen LogP contribution is 2.37. The first-order chi connectivity index (χ1) is 17.4. The number of methoxy groups -OCH3 is 2. The molecule has 36 heavy (non-hydrogen) atoms. The number of aromatic nitrogens is 1. The van der Waals surface area contributed by atoms with Crippen molar-refractivity contribution in [2.75, 3.05) is 24.5 Å². The van der Waals surface area contributed by atoms with E-state index in [9.17, 15) is 18.4 Å². The van der Waals surface area contributed by atoms with Crippen LogP contribution in [-0.4, -0.2) is 31.6 Å². The number of hydrazine groups is 1. The smallest absolute Gasteiger partial charge is 0.338 e. The van der Waals surface area contributed by atoms with Gasteiger partial charge >= 0.3 is 6.03 Å². The maximum atomic E-state index is 13.9. The van der Waals surface area contributed by atoms with Crippen LogP contribution in [0, 0.1) is 11.6 Å². The number of carbonyl (C=O) groups excluding carboxylic acids is 2. The molecule has 0 fully saturated rings. The van der Waals surface area contributed by atoms with Crippen LogP contribution in [0.15, 0.2) is 66.9 Å². The van der Waals surface area contributed by atoms with Crippen LogP contribution >= 0.6 is 0 Å². The van der Waals surface area contributed by atoms with E-state index in [0.717, 1.165) is 12.1 Å². The number of nitrogens with zero attached hydrogens (tertiary/aromatic N) is 2. The minimum Gasteiger partial charge on any atom is -0.493 e. The molecule has 9 nitrogen and oxygen atoms in total. The number of halogens is 2. The molecule has 0 unspecified atom stereocenters. The van der Waals surface area contributed by atoms with Crippen LogP contribution in [0.3, 0.4) is 0 Å². The molecule has 0 aliphatic heterocycles. The largest absolute Gasteiger partial charge is 0.493 e. The number of anilines is 2. The molecule has 1 heterocycles. The van der Waals surface area contributed by atoms with Crippen molar-refractivity contribution in [3.8, 4) is 23.0 Å². The van der Waals surface area contributed by atoms with E-state index in [2.05, 4.69) is 15.7 Å². The average Bonchev–Trinajstić information content (AvgIpc) is 2.88. The van der Waals surface area contributed by atoms with Gasteiger partial charge in [0.15, 0.2) is 17.3 Å². The third-order valence-electron chi connectivity index (χ3n) is 5.04. The van der Waals surface area contributed by atoms with Gasteiger partial charge < -0.3 is 19.5 Å². The van der Waals surface area contributed by atoms with Gasteiger partial charge in [-0.2, -0.15) is 0 Å². The Morgan fingerprint density at radius 3 is 2.33 bits per heavy atom. The van der Waals surface area contributed by atoms with Gasteiger partial charge in [-0.3, -0.25) is 9.78 Å². The maximum absolute atomic E-state index is 13.9. The minimum atomic E-state index is -1.01. The van der Waals surface area contributed by atoms with E-state index in [1.807, 2.05) is 0 Å². The van der Waals surface area contributed by atoms with Crippen LogP contribution in [0.25, 0.3) is 10.9 Å². The summed E-state index contributed by atoms with van der Waals surface area (Å²) >= 11 is 0. The topological polar surface area (TPSA) is 102 Å². The summed E-state index contributed by atoms with van der Waals surface area (Å²) in [5.41, 5.74) is 2.89. The van der Waals surface area contributed by atoms with Crippen LogP contribution in [0.4, 0.5) is 25.0 Å². The molecule has 0 saturated heterocycles. The van der Waals surface area contributed by atoms with Crippen molar-refractivity contribution < 1.29 is 32.6 Å². The van der Waals surface area contributed by atoms with Crippen molar-refractivity contribution in [1.29, 1.82) is 0 Å². The fraction of sp³-hybridized carbons (Fsp3) is 0.0800. The van der Waals surface area contributed by atoms with Gasteiger partial charge in [-0.25, -0.2) is 24.0 Å². The molecule has 0 spiro atoms. The van der Waals surface area contributed by atoms with Crippen LogP contribution in [0.2, 0.25) is 0 Å². The van der Waals surface area contributed by atoms with E-state index < -0.39 is 17.7 Å². The number of rotatable bonds is 8. The van der Waals surface area contributed by atoms with Gasteiger partial charge in [0.05, 0.1) is 19.7 Å². The molecular weight excluding hydrogens is 474 g/mol. The van der Waals surface area contributed by atoms with E-state index in [1.54, 1.807) is 48.7 Å². The lowest BCUT2D eigenvalue weighted by Crippen LogP contribution is -2.44. The summed E-state index contributed by atoms with van der Waals surface area (Å²) < 4.78 is 43.7. The summed E-state index contributed by atoms with van der Waals surface area (Å²) in [7, 11) is 3.07. The molecular formula is C25H20F2N4O5. The van der Waals surface area contributed by atoms with Crippen LogP contribution in [0.1, 0.15) is 0 Å². The van der Waals surface area contributed by atoms with Crippen molar-refractivity contribution in [3.05, 3.63) is 78.5 Å². The van der Waals surface area contributed by atoms with Crippen molar-refractivity contribution in [3.63, 3.8) is 0 Å². The van der Waals surface area contributed by atoms with Gasteiger partial charge in [-0.1, -0.05) is 0 Å². The maximum Gasteiger partial charge on any atom is 0.338 e. The highest BCUT2D eigenvalue weighted by molar-refractivity contribution is 5.93. The van der Waals surface area contributed by atoms with Gasteiger partial charge in [0.2, 0.25) is 6.41 Å². The summed E-state index contributed by atoms with van der Waals surface area (Å²) in [4.78, 5) is 27.9. The van der Waals surface area contributed by atoms with Crippen LogP contribution < -0.4 is 30.0 Å². The second-order valence-corrected chi connectivity index (χ2v) is 7.30. The van der Waals surface area contributed by atoms with Gasteiger partial charge in [0.25, 0.3) is 0 Å². The van der Waals surface area contributed by atoms with E-state index in [-0.39, 0.29) is 12.1 Å². The molecule has 3 amide bonds. The molecule has 0 radical (unpaired) electrons. The molecule has 0 bridgehead atoms. The monoisotopic (exact) mass is 494 g/mol. The first kappa shape index (κ1) is 24.2. The molecule has 2 N–H and O–H groups in total. The Morgan fingerprint density at radius 1 is 0.944 bits per heavy atom. The highest BCUT2D eigenvalue weighted by Gasteiger charge is 2.15. The Labute approximate surface area is 204 Å². The van der Waals surface area contributed by atoms with Gasteiger partial charge in [0, 0.05) is 29.4 Å². The summed E-state index contributed by atoms with van der Waals surface area (Å²) in [5.74, 6) is 0.251. The van der Waals surface area contributed by atoms with Gasteiger partial charge in [-0.05, 0) is 48.5 Å². The standard InChI is InChI=1S/C25H20F2N4O5/c1-34-23-12-18-20(13-24(23)35-2)28-10-9-22(18)36-17-6-4-16(5-7-17)29-25(33)30-31(14-32)21-8-3-15(26)11-19(21)27/h3-14H,1-2H3,(H2,29,30,33). The lowest BCUT2D eigenvalue weighted by molar-refractivity contribution is -0.107. The van der Waals surface area contributed by atoms with Crippen molar-refractivity contribution >= 4 is 34.7 Å². The van der Waals surface area contributed by atoms with Crippen molar-refractivity contribution in [1.82, 2.24) is 10.4 Å². The number of pyridine rings is 1. The number of ether oxygens (including phenoxy) is 3. The number of amides is 3. The summed E-state index contributed by atoms with van der Waals surface area (Å²) in [5, 5.41) is 3.82. The number of benzene rings is 3. The Balaban J connectivity index is 1.45. The molecule has 0 atom stereocenters. The van der Waals surface area contributed by atoms with Gasteiger partial charge in [-0.15, -0.1) is 0 Å². The zero-order valence-electron chi connectivity index (χ0n) is 19.1. The summed E-state index contributed by atoms with van der Waals surface area (Å²) in [6.45, 7) is 0. The number of carbonyl (C=O) groups is 2. The minimum absolute atomic E-state index is 0.191.